The maximum atomic E-state index is 12.6. The number of rotatable bonds is 5. The molecule has 1 aliphatic rings. The van der Waals surface area contributed by atoms with E-state index in [9.17, 15) is 4.79 Å². The van der Waals surface area contributed by atoms with Gasteiger partial charge < -0.3 is 9.64 Å². The van der Waals surface area contributed by atoms with Gasteiger partial charge in [-0.05, 0) is 50.3 Å². The van der Waals surface area contributed by atoms with Gasteiger partial charge in [-0.15, -0.1) is 0 Å². The molecule has 2 aromatic rings. The predicted octanol–water partition coefficient (Wildman–Crippen LogP) is 3.08. The first-order chi connectivity index (χ1) is 11.7. The number of aromatic nitrogens is 2. The summed E-state index contributed by atoms with van der Waals surface area (Å²) < 4.78 is 7.72. The van der Waals surface area contributed by atoms with Crippen LogP contribution in [-0.4, -0.2) is 39.8 Å². The van der Waals surface area contributed by atoms with Crippen LogP contribution in [0.1, 0.15) is 38.2 Å². The van der Waals surface area contributed by atoms with Crippen LogP contribution in [0.2, 0.25) is 0 Å². The van der Waals surface area contributed by atoms with E-state index in [2.05, 4.69) is 18.2 Å². The second kappa shape index (κ2) is 7.51. The molecule has 1 aromatic carbocycles. The fourth-order valence-electron chi connectivity index (χ4n) is 3.21. The Bertz CT molecular complexity index is 660. The van der Waals surface area contributed by atoms with Gasteiger partial charge in [-0.25, -0.2) is 0 Å². The quantitative estimate of drug-likeness (QED) is 0.848. The lowest BCUT2D eigenvalue weighted by Gasteiger charge is -2.33. The van der Waals surface area contributed by atoms with Crippen LogP contribution < -0.4 is 4.74 Å². The first-order valence-electron chi connectivity index (χ1n) is 8.70. The molecule has 0 N–H and O–H groups in total. The molecule has 128 valence electrons. The Morgan fingerprint density at radius 3 is 2.62 bits per heavy atom. The second-order valence-corrected chi connectivity index (χ2v) is 6.30. The zero-order valence-corrected chi connectivity index (χ0v) is 14.4. The normalized spacial score (nSPS) is 16.8. The lowest BCUT2D eigenvalue weighted by molar-refractivity contribution is -0.139. The number of carbonyl (C=O) groups excluding carboxylic acids is 1. The Hall–Kier alpha value is -2.30. The number of ether oxygens (including phenoxy) is 1. The number of amides is 1. The van der Waals surface area contributed by atoms with Crippen LogP contribution in [0.4, 0.5) is 0 Å². The molecule has 1 aromatic heterocycles. The maximum absolute atomic E-state index is 12.6. The highest BCUT2D eigenvalue weighted by atomic mass is 16.5. The van der Waals surface area contributed by atoms with E-state index in [-0.39, 0.29) is 5.91 Å². The van der Waals surface area contributed by atoms with Crippen molar-refractivity contribution in [2.75, 3.05) is 13.1 Å². The number of likely N-dealkylation sites (tertiary alicyclic amines) is 1. The van der Waals surface area contributed by atoms with E-state index in [1.165, 1.54) is 5.56 Å². The van der Waals surface area contributed by atoms with Gasteiger partial charge >= 0.3 is 0 Å². The summed E-state index contributed by atoms with van der Waals surface area (Å²) in [5.74, 6) is 1.31. The third-order valence-corrected chi connectivity index (χ3v) is 4.66. The molecular formula is C19H25N3O2. The van der Waals surface area contributed by atoms with Crippen LogP contribution in [0.25, 0.3) is 0 Å². The fourth-order valence-corrected chi connectivity index (χ4v) is 3.21. The third-order valence-electron chi connectivity index (χ3n) is 4.66. The molecule has 1 fully saturated rings. The van der Waals surface area contributed by atoms with E-state index in [1.807, 2.05) is 53.0 Å². The van der Waals surface area contributed by atoms with Crippen molar-refractivity contribution in [2.45, 2.75) is 45.3 Å². The Kier molecular flexibility index (Phi) is 5.18. The molecule has 1 saturated heterocycles. The van der Waals surface area contributed by atoms with Crippen LogP contribution in [0.15, 0.2) is 42.7 Å². The molecular weight excluding hydrogens is 302 g/mol. The molecule has 0 aliphatic carbocycles. The third kappa shape index (κ3) is 3.78. The number of hydrogen-bond donors (Lipinski definition) is 0. The van der Waals surface area contributed by atoms with Gasteiger partial charge in [0, 0.05) is 25.8 Å². The molecule has 1 atom stereocenters. The Balaban J connectivity index is 1.53. The molecule has 0 unspecified atom stereocenters. The molecule has 24 heavy (non-hydrogen) atoms. The Morgan fingerprint density at radius 2 is 2.00 bits per heavy atom. The van der Waals surface area contributed by atoms with Crippen LogP contribution in [0.3, 0.4) is 0 Å². The van der Waals surface area contributed by atoms with Crippen LogP contribution in [0, 0.1) is 0 Å². The van der Waals surface area contributed by atoms with Crippen molar-refractivity contribution in [2.24, 2.45) is 0 Å². The molecule has 1 amide bonds. The molecule has 0 spiro atoms. The number of piperidine rings is 1. The molecule has 3 rings (SSSR count). The summed E-state index contributed by atoms with van der Waals surface area (Å²) in [5.41, 5.74) is 1.29. The molecule has 2 heterocycles. The summed E-state index contributed by atoms with van der Waals surface area (Å²) in [6.45, 7) is 6.37. The van der Waals surface area contributed by atoms with Gasteiger partial charge in [-0.1, -0.05) is 18.2 Å². The van der Waals surface area contributed by atoms with E-state index in [0.717, 1.165) is 38.2 Å². The second-order valence-electron chi connectivity index (χ2n) is 6.30. The first-order valence-corrected chi connectivity index (χ1v) is 8.70. The summed E-state index contributed by atoms with van der Waals surface area (Å²) in [5, 5.41) is 4.36. The summed E-state index contributed by atoms with van der Waals surface area (Å²) in [6.07, 6.45) is 5.61. The van der Waals surface area contributed by atoms with E-state index in [4.69, 9.17) is 4.74 Å². The summed E-state index contributed by atoms with van der Waals surface area (Å²) in [6, 6.07) is 9.51. The lowest BCUT2D eigenvalue weighted by atomic mass is 9.91. The van der Waals surface area contributed by atoms with Crippen molar-refractivity contribution in [3.63, 3.8) is 0 Å². The largest absolute Gasteiger partial charge is 0.481 e. The minimum Gasteiger partial charge on any atom is -0.481 e. The van der Waals surface area contributed by atoms with Crippen LogP contribution >= 0.6 is 0 Å². The summed E-state index contributed by atoms with van der Waals surface area (Å²) in [4.78, 5) is 14.5. The van der Waals surface area contributed by atoms with Gasteiger partial charge in [0.05, 0.1) is 6.20 Å². The maximum Gasteiger partial charge on any atom is 0.263 e. The fraction of sp³-hybridized carbons (Fsp3) is 0.474. The predicted molar refractivity (Wildman–Crippen MR) is 93.0 cm³/mol. The minimum absolute atomic E-state index is 0.0709. The average molecular weight is 327 g/mol. The molecule has 0 bridgehead atoms. The van der Waals surface area contributed by atoms with E-state index >= 15 is 0 Å². The van der Waals surface area contributed by atoms with Crippen LogP contribution in [-0.2, 0) is 11.3 Å². The van der Waals surface area contributed by atoms with Gasteiger partial charge in [-0.3, -0.25) is 9.48 Å². The summed E-state index contributed by atoms with van der Waals surface area (Å²) >= 11 is 0. The van der Waals surface area contributed by atoms with E-state index in [0.29, 0.717) is 5.92 Å². The zero-order chi connectivity index (χ0) is 16.9. The average Bonchev–Trinajstić information content (AvgIpc) is 3.11. The van der Waals surface area contributed by atoms with Crippen molar-refractivity contribution in [1.29, 1.82) is 0 Å². The number of aryl methyl sites for hydroxylation is 1. The van der Waals surface area contributed by atoms with Gasteiger partial charge in [0.2, 0.25) is 0 Å². The smallest absolute Gasteiger partial charge is 0.263 e. The van der Waals surface area contributed by atoms with Gasteiger partial charge in [-0.2, -0.15) is 5.10 Å². The molecule has 5 nitrogen and oxygen atoms in total. The SMILES string of the molecule is CCn1cc(C2CCN(C(=O)[C@H](C)Oc3ccccc3)CC2)cn1. The zero-order valence-electron chi connectivity index (χ0n) is 14.4. The monoisotopic (exact) mass is 327 g/mol. The van der Waals surface area contributed by atoms with Gasteiger partial charge in [0.1, 0.15) is 5.75 Å². The van der Waals surface area contributed by atoms with Crippen molar-refractivity contribution >= 4 is 5.91 Å². The van der Waals surface area contributed by atoms with Crippen molar-refractivity contribution in [3.05, 3.63) is 48.3 Å². The van der Waals surface area contributed by atoms with Crippen molar-refractivity contribution < 1.29 is 9.53 Å². The summed E-state index contributed by atoms with van der Waals surface area (Å²) in [7, 11) is 0. The first kappa shape index (κ1) is 16.6. The Morgan fingerprint density at radius 1 is 1.29 bits per heavy atom. The van der Waals surface area contributed by atoms with Crippen molar-refractivity contribution in [3.8, 4) is 5.75 Å². The van der Waals surface area contributed by atoms with Crippen LogP contribution in [0.5, 0.6) is 5.75 Å². The standard InChI is InChI=1S/C19H25N3O2/c1-3-22-14-17(13-20-22)16-9-11-21(12-10-16)19(23)15(2)24-18-7-5-4-6-8-18/h4-8,13-16H,3,9-12H2,1-2H3/t15-/m0/s1. The Labute approximate surface area is 143 Å². The number of hydrogen-bond acceptors (Lipinski definition) is 3. The molecule has 0 radical (unpaired) electrons. The van der Waals surface area contributed by atoms with Gasteiger partial charge in [0.15, 0.2) is 6.10 Å². The molecule has 5 heteroatoms. The topological polar surface area (TPSA) is 47.4 Å². The van der Waals surface area contributed by atoms with E-state index in [1.54, 1.807) is 0 Å². The molecule has 0 saturated carbocycles. The van der Waals surface area contributed by atoms with E-state index < -0.39 is 6.10 Å². The number of benzene rings is 1. The highest BCUT2D eigenvalue weighted by molar-refractivity contribution is 5.81. The number of para-hydroxylation sites is 1. The van der Waals surface area contributed by atoms with Crippen molar-refractivity contribution in [1.82, 2.24) is 14.7 Å². The number of carbonyl (C=O) groups is 1. The minimum atomic E-state index is -0.452. The highest BCUT2D eigenvalue weighted by Crippen LogP contribution is 2.28. The highest BCUT2D eigenvalue weighted by Gasteiger charge is 2.28. The van der Waals surface area contributed by atoms with Gasteiger partial charge in [0.25, 0.3) is 5.91 Å². The number of nitrogens with zero attached hydrogens (tertiary/aromatic N) is 3. The molecule has 1 aliphatic heterocycles. The lowest BCUT2D eigenvalue weighted by Crippen LogP contribution is -2.44.